The van der Waals surface area contributed by atoms with Crippen LogP contribution in [0.25, 0.3) is 0 Å². The fourth-order valence-corrected chi connectivity index (χ4v) is 4.89. The van der Waals surface area contributed by atoms with Crippen LogP contribution in [0.5, 0.6) is 0 Å². The smallest absolute Gasteiger partial charge is 0.220 e. The van der Waals surface area contributed by atoms with Crippen LogP contribution in [0.2, 0.25) is 0 Å². The summed E-state index contributed by atoms with van der Waals surface area (Å²) in [6, 6.07) is 5.87. The van der Waals surface area contributed by atoms with E-state index in [1.165, 1.54) is 32.1 Å². The number of hydrogen-bond donors (Lipinski definition) is 2. The number of carbonyl (C=O) groups excluding carboxylic acids is 1. The summed E-state index contributed by atoms with van der Waals surface area (Å²) in [5.74, 6) is 3.44. The molecule has 2 aliphatic rings. The Hall–Kier alpha value is -2.08. The van der Waals surface area contributed by atoms with E-state index in [9.17, 15) is 4.79 Å². The summed E-state index contributed by atoms with van der Waals surface area (Å²) in [4.78, 5) is 12.4. The molecule has 1 saturated heterocycles. The Morgan fingerprint density at radius 2 is 2.03 bits per heavy atom. The number of furan rings is 1. The first-order valence-electron chi connectivity index (χ1n) is 11.2. The van der Waals surface area contributed by atoms with Gasteiger partial charge in [-0.2, -0.15) is 0 Å². The van der Waals surface area contributed by atoms with Crippen LogP contribution in [0, 0.1) is 17.8 Å². The number of piperidine rings is 1. The lowest BCUT2D eigenvalue weighted by molar-refractivity contribution is -0.122. The molecule has 158 valence electrons. The summed E-state index contributed by atoms with van der Waals surface area (Å²) in [7, 11) is 0. The van der Waals surface area contributed by atoms with Crippen LogP contribution >= 0.6 is 0 Å². The first kappa shape index (κ1) is 20.2. The number of amides is 1. The molecule has 2 aromatic rings. The summed E-state index contributed by atoms with van der Waals surface area (Å²) in [5, 5.41) is 10.8. The number of nitrogens with one attached hydrogen (secondary N) is 2. The maximum absolute atomic E-state index is 12.4. The van der Waals surface area contributed by atoms with Crippen molar-refractivity contribution in [2.75, 3.05) is 13.1 Å². The summed E-state index contributed by atoms with van der Waals surface area (Å²) in [6.07, 6.45) is 11.8. The molecule has 29 heavy (non-hydrogen) atoms. The number of carbonyl (C=O) groups is 1. The molecule has 2 fully saturated rings. The van der Waals surface area contributed by atoms with Crippen molar-refractivity contribution in [1.29, 1.82) is 0 Å². The zero-order valence-corrected chi connectivity index (χ0v) is 17.2. The van der Waals surface area contributed by atoms with E-state index in [-0.39, 0.29) is 5.91 Å². The molecule has 6 nitrogen and oxygen atoms in total. The molecule has 2 atom stereocenters. The van der Waals surface area contributed by atoms with Gasteiger partial charge in [0.05, 0.1) is 18.5 Å². The molecular formula is C23H33N3O3. The summed E-state index contributed by atoms with van der Waals surface area (Å²) >= 11 is 0. The van der Waals surface area contributed by atoms with Crippen molar-refractivity contribution in [2.45, 2.75) is 64.3 Å². The van der Waals surface area contributed by atoms with Gasteiger partial charge in [0.15, 0.2) is 0 Å². The molecule has 4 rings (SSSR count). The minimum atomic E-state index is 0.0939. The van der Waals surface area contributed by atoms with Gasteiger partial charge in [-0.05, 0) is 55.8 Å². The second-order valence-electron chi connectivity index (χ2n) is 8.77. The molecule has 1 aliphatic heterocycles. The van der Waals surface area contributed by atoms with E-state index in [2.05, 4.69) is 21.9 Å². The van der Waals surface area contributed by atoms with E-state index in [1.807, 2.05) is 12.1 Å². The standard InChI is InChI=1S/C23H33N3O3/c27-23(25-16-21-7-4-10-28-21)13-18-8-9-24-15-19(18)12-20-14-22(29-26-20)11-17-5-2-1-3-6-17/h4,7,10,14,17-19,24H,1-3,5-6,8-9,11-13,15-16H2,(H,25,27). The largest absolute Gasteiger partial charge is 0.467 e. The van der Waals surface area contributed by atoms with Gasteiger partial charge in [0.1, 0.15) is 11.5 Å². The molecule has 1 amide bonds. The highest BCUT2D eigenvalue weighted by Crippen LogP contribution is 2.29. The van der Waals surface area contributed by atoms with Crippen LogP contribution in [-0.2, 0) is 24.2 Å². The number of aromatic nitrogens is 1. The van der Waals surface area contributed by atoms with Crippen molar-refractivity contribution in [1.82, 2.24) is 15.8 Å². The van der Waals surface area contributed by atoms with E-state index in [4.69, 9.17) is 8.94 Å². The zero-order chi connectivity index (χ0) is 19.9. The Bertz CT molecular complexity index is 749. The summed E-state index contributed by atoms with van der Waals surface area (Å²) in [5.41, 5.74) is 1.03. The molecule has 2 unspecified atom stereocenters. The number of nitrogens with zero attached hydrogens (tertiary/aromatic N) is 1. The van der Waals surface area contributed by atoms with Crippen LogP contribution in [0.15, 0.2) is 33.4 Å². The molecule has 2 N–H and O–H groups in total. The Morgan fingerprint density at radius 3 is 2.86 bits per heavy atom. The van der Waals surface area contributed by atoms with Gasteiger partial charge < -0.3 is 19.6 Å². The Labute approximate surface area is 172 Å². The van der Waals surface area contributed by atoms with Crippen LogP contribution in [-0.4, -0.2) is 24.2 Å². The predicted molar refractivity (Wildman–Crippen MR) is 110 cm³/mol. The van der Waals surface area contributed by atoms with E-state index in [1.54, 1.807) is 6.26 Å². The predicted octanol–water partition coefficient (Wildman–Crippen LogP) is 3.87. The quantitative estimate of drug-likeness (QED) is 0.704. The van der Waals surface area contributed by atoms with Crippen LogP contribution in [0.1, 0.15) is 62.2 Å². The van der Waals surface area contributed by atoms with Gasteiger partial charge in [-0.3, -0.25) is 4.79 Å². The zero-order valence-electron chi connectivity index (χ0n) is 17.2. The van der Waals surface area contributed by atoms with Crippen LogP contribution < -0.4 is 10.6 Å². The number of rotatable bonds is 8. The topological polar surface area (TPSA) is 80.3 Å². The maximum atomic E-state index is 12.4. The van der Waals surface area contributed by atoms with Gasteiger partial charge in [0, 0.05) is 18.9 Å². The molecule has 1 aliphatic carbocycles. The van der Waals surface area contributed by atoms with E-state index in [0.717, 1.165) is 55.5 Å². The first-order valence-corrected chi connectivity index (χ1v) is 11.2. The summed E-state index contributed by atoms with van der Waals surface area (Å²) < 4.78 is 10.9. The van der Waals surface area contributed by atoms with Crippen LogP contribution in [0.4, 0.5) is 0 Å². The highest BCUT2D eigenvalue weighted by atomic mass is 16.5. The summed E-state index contributed by atoms with van der Waals surface area (Å²) in [6.45, 7) is 2.36. The molecule has 6 heteroatoms. The molecule has 3 heterocycles. The molecule has 0 aromatic carbocycles. The lowest BCUT2D eigenvalue weighted by atomic mass is 9.81. The van der Waals surface area contributed by atoms with Gasteiger partial charge in [-0.25, -0.2) is 0 Å². The second kappa shape index (κ2) is 10.1. The normalized spacial score (nSPS) is 23.2. The highest BCUT2D eigenvalue weighted by Gasteiger charge is 2.28. The minimum Gasteiger partial charge on any atom is -0.467 e. The van der Waals surface area contributed by atoms with Gasteiger partial charge >= 0.3 is 0 Å². The molecule has 0 radical (unpaired) electrons. The third-order valence-corrected chi connectivity index (χ3v) is 6.55. The maximum Gasteiger partial charge on any atom is 0.220 e. The average molecular weight is 400 g/mol. The fraction of sp³-hybridized carbons (Fsp3) is 0.652. The van der Waals surface area contributed by atoms with Crippen molar-refractivity contribution >= 4 is 5.91 Å². The van der Waals surface area contributed by atoms with Crippen molar-refractivity contribution < 1.29 is 13.7 Å². The molecule has 1 saturated carbocycles. The second-order valence-corrected chi connectivity index (χ2v) is 8.77. The minimum absolute atomic E-state index is 0.0939. The molecular weight excluding hydrogens is 366 g/mol. The Morgan fingerprint density at radius 1 is 1.14 bits per heavy atom. The first-order chi connectivity index (χ1) is 14.3. The molecule has 0 spiro atoms. The Kier molecular flexibility index (Phi) is 7.04. The lowest BCUT2D eigenvalue weighted by Crippen LogP contribution is -2.40. The van der Waals surface area contributed by atoms with Crippen molar-refractivity contribution in [3.63, 3.8) is 0 Å². The van der Waals surface area contributed by atoms with E-state index < -0.39 is 0 Å². The molecule has 2 aromatic heterocycles. The molecule has 0 bridgehead atoms. The van der Waals surface area contributed by atoms with Crippen molar-refractivity contribution in [3.05, 3.63) is 41.7 Å². The number of hydrogen-bond acceptors (Lipinski definition) is 5. The van der Waals surface area contributed by atoms with E-state index >= 15 is 0 Å². The van der Waals surface area contributed by atoms with Crippen molar-refractivity contribution in [2.24, 2.45) is 17.8 Å². The third kappa shape index (κ3) is 5.95. The van der Waals surface area contributed by atoms with Crippen LogP contribution in [0.3, 0.4) is 0 Å². The fourth-order valence-electron chi connectivity index (χ4n) is 4.89. The lowest BCUT2D eigenvalue weighted by Gasteiger charge is -2.31. The Balaban J connectivity index is 1.27. The highest BCUT2D eigenvalue weighted by molar-refractivity contribution is 5.76. The van der Waals surface area contributed by atoms with Gasteiger partial charge in [0.25, 0.3) is 0 Å². The van der Waals surface area contributed by atoms with E-state index in [0.29, 0.717) is 24.8 Å². The third-order valence-electron chi connectivity index (χ3n) is 6.55. The van der Waals surface area contributed by atoms with Gasteiger partial charge in [-0.1, -0.05) is 37.3 Å². The van der Waals surface area contributed by atoms with Crippen molar-refractivity contribution in [3.8, 4) is 0 Å². The average Bonchev–Trinajstić information content (AvgIpc) is 3.41. The SMILES string of the molecule is O=C(CC1CCNCC1Cc1cc(CC2CCCCC2)on1)NCc1ccco1. The van der Waals surface area contributed by atoms with Gasteiger partial charge in [0.2, 0.25) is 5.91 Å². The van der Waals surface area contributed by atoms with Gasteiger partial charge in [-0.15, -0.1) is 0 Å². The monoisotopic (exact) mass is 399 g/mol.